The molecule has 1 aromatic heterocycles. The number of fused-ring (bicyclic) bond motifs is 1. The SMILES string of the molecule is CC[C@H](C)[C@@H](NC(=O)Cc1c(C)c2cc(OC)c(OC)cc2oc1=O)C(=O)O. The summed E-state index contributed by atoms with van der Waals surface area (Å²) in [4.78, 5) is 36.2. The van der Waals surface area contributed by atoms with Crippen LogP contribution in [0.3, 0.4) is 0 Å². The summed E-state index contributed by atoms with van der Waals surface area (Å²) in [6.45, 7) is 5.29. The van der Waals surface area contributed by atoms with E-state index < -0.39 is 23.5 Å². The zero-order chi connectivity index (χ0) is 21.0. The number of hydrogen-bond donors (Lipinski definition) is 2. The van der Waals surface area contributed by atoms with Crippen LogP contribution in [0.5, 0.6) is 11.5 Å². The first-order chi connectivity index (χ1) is 13.2. The van der Waals surface area contributed by atoms with E-state index in [2.05, 4.69) is 5.32 Å². The zero-order valence-corrected chi connectivity index (χ0v) is 16.6. The van der Waals surface area contributed by atoms with Gasteiger partial charge in [-0.2, -0.15) is 0 Å². The highest BCUT2D eigenvalue weighted by molar-refractivity contribution is 5.88. The second-order valence-electron chi connectivity index (χ2n) is 6.64. The van der Waals surface area contributed by atoms with Gasteiger partial charge in [-0.15, -0.1) is 0 Å². The maximum atomic E-state index is 12.4. The molecular weight excluding hydrogens is 366 g/mol. The van der Waals surface area contributed by atoms with Crippen LogP contribution < -0.4 is 20.4 Å². The van der Waals surface area contributed by atoms with Gasteiger partial charge in [0.1, 0.15) is 11.6 Å². The fourth-order valence-electron chi connectivity index (χ4n) is 2.99. The standard InChI is InChI=1S/C20H25NO7/c1-6-10(2)18(19(23)24)21-17(22)8-13-11(3)12-7-15(26-4)16(27-5)9-14(12)28-20(13)25/h7,9-10,18H,6,8H2,1-5H3,(H,21,22)(H,23,24)/t10-,18+/m0/s1. The van der Waals surface area contributed by atoms with Crippen LogP contribution in [0.2, 0.25) is 0 Å². The highest BCUT2D eigenvalue weighted by Crippen LogP contribution is 2.33. The van der Waals surface area contributed by atoms with E-state index in [1.807, 2.05) is 6.92 Å². The number of rotatable bonds is 8. The van der Waals surface area contributed by atoms with Crippen LogP contribution in [0, 0.1) is 12.8 Å². The summed E-state index contributed by atoms with van der Waals surface area (Å²) >= 11 is 0. The lowest BCUT2D eigenvalue weighted by Crippen LogP contribution is -2.45. The van der Waals surface area contributed by atoms with Gasteiger partial charge < -0.3 is 24.3 Å². The van der Waals surface area contributed by atoms with Gasteiger partial charge in [-0.1, -0.05) is 20.3 Å². The number of carbonyl (C=O) groups is 2. The molecule has 2 atom stereocenters. The van der Waals surface area contributed by atoms with E-state index in [-0.39, 0.29) is 17.9 Å². The molecule has 0 unspecified atom stereocenters. The lowest BCUT2D eigenvalue weighted by Gasteiger charge is -2.20. The molecule has 0 saturated carbocycles. The third-order valence-corrected chi connectivity index (χ3v) is 4.92. The minimum absolute atomic E-state index is 0.172. The quantitative estimate of drug-likeness (QED) is 0.663. The molecular formula is C20H25NO7. The topological polar surface area (TPSA) is 115 Å². The average Bonchev–Trinajstić information content (AvgIpc) is 2.67. The van der Waals surface area contributed by atoms with Crippen LogP contribution in [0.1, 0.15) is 31.4 Å². The molecule has 152 valence electrons. The Morgan fingerprint density at radius 2 is 1.82 bits per heavy atom. The van der Waals surface area contributed by atoms with Crippen molar-refractivity contribution in [3.8, 4) is 11.5 Å². The number of aryl methyl sites for hydroxylation is 1. The highest BCUT2D eigenvalue weighted by atomic mass is 16.5. The van der Waals surface area contributed by atoms with E-state index >= 15 is 0 Å². The molecule has 2 N–H and O–H groups in total. The van der Waals surface area contributed by atoms with Gasteiger partial charge in [-0.25, -0.2) is 9.59 Å². The van der Waals surface area contributed by atoms with Gasteiger partial charge in [-0.05, 0) is 24.5 Å². The van der Waals surface area contributed by atoms with Crippen LogP contribution in [-0.4, -0.2) is 37.2 Å². The number of aliphatic carboxylic acids is 1. The number of amides is 1. The summed E-state index contributed by atoms with van der Waals surface area (Å²) in [5.74, 6) is -1.03. The molecule has 0 bridgehead atoms. The minimum atomic E-state index is -1.11. The third-order valence-electron chi connectivity index (χ3n) is 4.92. The molecule has 0 aliphatic heterocycles. The first kappa shape index (κ1) is 21.3. The maximum Gasteiger partial charge on any atom is 0.340 e. The van der Waals surface area contributed by atoms with Gasteiger partial charge in [-0.3, -0.25) is 4.79 Å². The van der Waals surface area contributed by atoms with Crippen molar-refractivity contribution in [3.05, 3.63) is 33.7 Å². The molecule has 8 nitrogen and oxygen atoms in total. The predicted molar refractivity (Wildman–Crippen MR) is 103 cm³/mol. The van der Waals surface area contributed by atoms with Crippen molar-refractivity contribution in [2.24, 2.45) is 5.92 Å². The Morgan fingerprint density at radius 1 is 1.21 bits per heavy atom. The van der Waals surface area contributed by atoms with Gasteiger partial charge in [0.05, 0.1) is 26.2 Å². The molecule has 1 amide bonds. The van der Waals surface area contributed by atoms with Crippen molar-refractivity contribution in [1.29, 1.82) is 0 Å². The molecule has 2 rings (SSSR count). The van der Waals surface area contributed by atoms with Crippen molar-refractivity contribution in [3.63, 3.8) is 0 Å². The molecule has 0 saturated heterocycles. The highest BCUT2D eigenvalue weighted by Gasteiger charge is 2.26. The molecule has 0 aliphatic rings. The summed E-state index contributed by atoms with van der Waals surface area (Å²) in [5, 5.41) is 12.4. The second kappa shape index (κ2) is 8.77. The van der Waals surface area contributed by atoms with Crippen LogP contribution in [0.25, 0.3) is 11.0 Å². The number of carbonyl (C=O) groups excluding carboxylic acids is 1. The number of benzene rings is 1. The Labute approximate surface area is 162 Å². The average molecular weight is 391 g/mol. The third kappa shape index (κ3) is 4.27. The van der Waals surface area contributed by atoms with Crippen molar-refractivity contribution in [1.82, 2.24) is 5.32 Å². The molecule has 1 heterocycles. The van der Waals surface area contributed by atoms with Crippen LogP contribution >= 0.6 is 0 Å². The van der Waals surface area contributed by atoms with E-state index in [1.54, 1.807) is 26.0 Å². The Balaban J connectivity index is 2.40. The van der Waals surface area contributed by atoms with Gasteiger partial charge >= 0.3 is 11.6 Å². The van der Waals surface area contributed by atoms with Crippen molar-refractivity contribution < 1.29 is 28.6 Å². The van der Waals surface area contributed by atoms with E-state index in [0.29, 0.717) is 34.5 Å². The summed E-state index contributed by atoms with van der Waals surface area (Å²) < 4.78 is 15.8. The fourth-order valence-corrected chi connectivity index (χ4v) is 2.99. The minimum Gasteiger partial charge on any atom is -0.493 e. The van der Waals surface area contributed by atoms with Crippen LogP contribution in [0.4, 0.5) is 0 Å². The first-order valence-corrected chi connectivity index (χ1v) is 8.93. The zero-order valence-electron chi connectivity index (χ0n) is 16.6. The number of carboxylic acid groups (broad SMARTS) is 1. The molecule has 0 radical (unpaired) electrons. The van der Waals surface area contributed by atoms with Crippen molar-refractivity contribution >= 4 is 22.8 Å². The summed E-state index contributed by atoms with van der Waals surface area (Å²) in [6, 6.07) is 2.21. The second-order valence-corrected chi connectivity index (χ2v) is 6.64. The monoisotopic (exact) mass is 391 g/mol. The van der Waals surface area contributed by atoms with Crippen LogP contribution in [0.15, 0.2) is 21.3 Å². The summed E-state index contributed by atoms with van der Waals surface area (Å²) in [6.07, 6.45) is 0.314. The summed E-state index contributed by atoms with van der Waals surface area (Å²) in [5.41, 5.74) is 0.401. The lowest BCUT2D eigenvalue weighted by molar-refractivity contribution is -0.143. The summed E-state index contributed by atoms with van der Waals surface area (Å²) in [7, 11) is 2.97. The largest absolute Gasteiger partial charge is 0.493 e. The van der Waals surface area contributed by atoms with Crippen LogP contribution in [-0.2, 0) is 16.0 Å². The van der Waals surface area contributed by atoms with Crippen molar-refractivity contribution in [2.75, 3.05) is 14.2 Å². The first-order valence-electron chi connectivity index (χ1n) is 8.93. The molecule has 2 aromatic rings. The van der Waals surface area contributed by atoms with Gasteiger partial charge in [0.15, 0.2) is 11.5 Å². The smallest absolute Gasteiger partial charge is 0.340 e. The molecule has 0 fully saturated rings. The molecule has 1 aromatic carbocycles. The molecule has 0 aliphatic carbocycles. The van der Waals surface area contributed by atoms with Gasteiger partial charge in [0.25, 0.3) is 0 Å². The Hall–Kier alpha value is -3.03. The van der Waals surface area contributed by atoms with Gasteiger partial charge in [0.2, 0.25) is 5.91 Å². The predicted octanol–water partition coefficient (Wildman–Crippen LogP) is 2.28. The number of nitrogens with one attached hydrogen (secondary N) is 1. The van der Waals surface area contributed by atoms with E-state index in [1.165, 1.54) is 14.2 Å². The molecule has 8 heteroatoms. The van der Waals surface area contributed by atoms with E-state index in [0.717, 1.165) is 0 Å². The Bertz CT molecular complexity index is 948. The lowest BCUT2D eigenvalue weighted by atomic mass is 9.98. The Kier molecular flexibility index (Phi) is 6.66. The number of hydrogen-bond acceptors (Lipinski definition) is 6. The number of carboxylic acids is 1. The maximum absolute atomic E-state index is 12.4. The number of ether oxygens (including phenoxy) is 2. The van der Waals surface area contributed by atoms with Crippen molar-refractivity contribution in [2.45, 2.75) is 39.7 Å². The van der Waals surface area contributed by atoms with E-state index in [4.69, 9.17) is 13.9 Å². The molecule has 0 spiro atoms. The van der Waals surface area contributed by atoms with E-state index in [9.17, 15) is 19.5 Å². The Morgan fingerprint density at radius 3 is 2.36 bits per heavy atom. The van der Waals surface area contributed by atoms with Gasteiger partial charge in [0, 0.05) is 11.5 Å². The number of methoxy groups -OCH3 is 2. The normalized spacial score (nSPS) is 13.0. The molecule has 28 heavy (non-hydrogen) atoms. The fraction of sp³-hybridized carbons (Fsp3) is 0.450.